The molecule has 0 saturated heterocycles. The number of carbonyl (C=O) groups excluding carboxylic acids is 3. The Bertz CT molecular complexity index is 1180. The summed E-state index contributed by atoms with van der Waals surface area (Å²) >= 11 is 3.03. The number of methoxy groups -OCH3 is 1. The molecule has 3 rings (SSSR count). The lowest BCUT2D eigenvalue weighted by molar-refractivity contribution is -0.141. The monoisotopic (exact) mass is 486 g/mol. The lowest BCUT2D eigenvalue weighted by Crippen LogP contribution is -2.22. The maximum absolute atomic E-state index is 12.5. The fourth-order valence-electron chi connectivity index (χ4n) is 3.10. The minimum absolute atomic E-state index is 0.0751. The summed E-state index contributed by atoms with van der Waals surface area (Å²) in [5.74, 6) is 0.647. The van der Waals surface area contributed by atoms with Crippen LogP contribution in [0.25, 0.3) is 10.2 Å². The molecule has 1 amide bonds. The third-order valence-electron chi connectivity index (χ3n) is 4.72. The zero-order chi connectivity index (χ0) is 23.6. The summed E-state index contributed by atoms with van der Waals surface area (Å²) in [6.45, 7) is 1.95. The quantitative estimate of drug-likeness (QED) is 0.315. The van der Waals surface area contributed by atoms with Gasteiger partial charge in [-0.1, -0.05) is 41.7 Å². The van der Waals surface area contributed by atoms with Crippen molar-refractivity contribution in [2.75, 3.05) is 19.5 Å². The van der Waals surface area contributed by atoms with E-state index < -0.39 is 11.9 Å². The molecule has 0 atom stereocenters. The van der Waals surface area contributed by atoms with Crippen LogP contribution < -0.4 is 4.80 Å². The molecule has 0 bridgehead atoms. The van der Waals surface area contributed by atoms with Crippen molar-refractivity contribution < 1.29 is 23.9 Å². The standard InChI is InChI=1S/C24H26N2O5S2/c1-3-31-23(29)18-11-12-19-20(14-18)33-24(26(19)15-22(28)30-2)25-21(27)10-7-13-32-16-17-8-5-4-6-9-17/h4-6,8-9,11-12,14H,3,7,10,13,15-16H2,1-2H3. The zero-order valence-electron chi connectivity index (χ0n) is 18.6. The molecule has 1 aromatic heterocycles. The van der Waals surface area contributed by atoms with Gasteiger partial charge >= 0.3 is 11.9 Å². The van der Waals surface area contributed by atoms with Crippen molar-refractivity contribution in [3.8, 4) is 0 Å². The fourth-order valence-corrected chi connectivity index (χ4v) is 5.11. The number of ether oxygens (including phenoxy) is 2. The first-order valence-electron chi connectivity index (χ1n) is 10.6. The summed E-state index contributed by atoms with van der Waals surface area (Å²) in [6, 6.07) is 15.2. The number of carbonyl (C=O) groups is 3. The van der Waals surface area contributed by atoms with Crippen LogP contribution in [0.15, 0.2) is 53.5 Å². The van der Waals surface area contributed by atoms with Gasteiger partial charge in [-0.3, -0.25) is 9.59 Å². The van der Waals surface area contributed by atoms with Gasteiger partial charge in [0, 0.05) is 12.2 Å². The highest BCUT2D eigenvalue weighted by Crippen LogP contribution is 2.20. The number of thioether (sulfide) groups is 1. The Morgan fingerprint density at radius 1 is 1.12 bits per heavy atom. The van der Waals surface area contributed by atoms with Crippen LogP contribution in [0.1, 0.15) is 35.7 Å². The molecule has 3 aromatic rings. The van der Waals surface area contributed by atoms with E-state index in [0.717, 1.165) is 22.6 Å². The number of nitrogens with zero attached hydrogens (tertiary/aromatic N) is 2. The highest BCUT2D eigenvalue weighted by atomic mass is 32.2. The van der Waals surface area contributed by atoms with E-state index in [1.165, 1.54) is 24.0 Å². The van der Waals surface area contributed by atoms with Gasteiger partial charge in [-0.05, 0) is 42.9 Å². The van der Waals surface area contributed by atoms with Crippen LogP contribution in [-0.2, 0) is 31.4 Å². The molecule has 0 aliphatic carbocycles. The fraction of sp³-hybridized carbons (Fsp3) is 0.333. The van der Waals surface area contributed by atoms with Crippen LogP contribution in [0.5, 0.6) is 0 Å². The smallest absolute Gasteiger partial charge is 0.338 e. The van der Waals surface area contributed by atoms with E-state index in [1.54, 1.807) is 41.5 Å². The normalized spacial score (nSPS) is 11.5. The summed E-state index contributed by atoms with van der Waals surface area (Å²) < 4.78 is 12.2. The summed E-state index contributed by atoms with van der Waals surface area (Å²) in [5.41, 5.74) is 2.36. The number of fused-ring (bicyclic) bond motifs is 1. The number of benzene rings is 2. The molecule has 0 unspecified atom stereocenters. The highest BCUT2D eigenvalue weighted by Gasteiger charge is 2.14. The van der Waals surface area contributed by atoms with E-state index in [-0.39, 0.29) is 19.1 Å². The summed E-state index contributed by atoms with van der Waals surface area (Å²) in [7, 11) is 1.31. The Morgan fingerprint density at radius 3 is 2.64 bits per heavy atom. The van der Waals surface area contributed by atoms with Crippen LogP contribution in [-0.4, -0.2) is 41.9 Å². The molecule has 174 valence electrons. The number of hydrogen-bond acceptors (Lipinski definition) is 7. The van der Waals surface area contributed by atoms with Crippen molar-refractivity contribution in [3.63, 3.8) is 0 Å². The van der Waals surface area contributed by atoms with Gasteiger partial charge in [0.25, 0.3) is 0 Å². The predicted octanol–water partition coefficient (Wildman–Crippen LogP) is 4.19. The Balaban J connectivity index is 1.73. The number of rotatable bonds is 10. The molecular formula is C24H26N2O5S2. The molecular weight excluding hydrogens is 460 g/mol. The minimum Gasteiger partial charge on any atom is -0.468 e. The topological polar surface area (TPSA) is 87.0 Å². The average molecular weight is 487 g/mol. The summed E-state index contributed by atoms with van der Waals surface area (Å²) in [4.78, 5) is 41.2. The average Bonchev–Trinajstić information content (AvgIpc) is 3.15. The van der Waals surface area contributed by atoms with Crippen molar-refractivity contribution in [2.45, 2.75) is 32.1 Å². The van der Waals surface area contributed by atoms with E-state index in [0.29, 0.717) is 22.3 Å². The van der Waals surface area contributed by atoms with Crippen molar-refractivity contribution in [1.82, 2.24) is 4.57 Å². The molecule has 1 heterocycles. The van der Waals surface area contributed by atoms with Crippen molar-refractivity contribution in [1.29, 1.82) is 0 Å². The predicted molar refractivity (Wildman–Crippen MR) is 130 cm³/mol. The Kier molecular flexibility index (Phi) is 9.26. The van der Waals surface area contributed by atoms with Crippen LogP contribution in [0.4, 0.5) is 0 Å². The lowest BCUT2D eigenvalue weighted by atomic mass is 10.2. The first kappa shape index (κ1) is 24.7. The van der Waals surface area contributed by atoms with Crippen LogP contribution in [0, 0.1) is 0 Å². The number of hydrogen-bond donors (Lipinski definition) is 0. The van der Waals surface area contributed by atoms with Gasteiger partial charge in [0.05, 0.1) is 29.5 Å². The first-order chi connectivity index (χ1) is 16.0. The molecule has 0 N–H and O–H groups in total. The van der Waals surface area contributed by atoms with Crippen molar-refractivity contribution >= 4 is 51.2 Å². The number of esters is 2. The molecule has 7 nitrogen and oxygen atoms in total. The zero-order valence-corrected chi connectivity index (χ0v) is 20.2. The van der Waals surface area contributed by atoms with Gasteiger partial charge in [-0.15, -0.1) is 0 Å². The molecule has 33 heavy (non-hydrogen) atoms. The van der Waals surface area contributed by atoms with E-state index in [2.05, 4.69) is 17.1 Å². The van der Waals surface area contributed by atoms with Gasteiger partial charge in [-0.2, -0.15) is 16.8 Å². The Hall–Kier alpha value is -2.91. The maximum Gasteiger partial charge on any atom is 0.338 e. The SMILES string of the molecule is CCOC(=O)c1ccc2c(c1)sc(=NC(=O)CCCSCc1ccccc1)n2CC(=O)OC. The molecule has 2 aromatic carbocycles. The Labute approximate surface area is 200 Å². The molecule has 9 heteroatoms. The van der Waals surface area contributed by atoms with E-state index in [4.69, 9.17) is 9.47 Å². The van der Waals surface area contributed by atoms with Crippen molar-refractivity contribution in [3.05, 3.63) is 64.5 Å². The van der Waals surface area contributed by atoms with E-state index >= 15 is 0 Å². The third kappa shape index (κ3) is 7.03. The van der Waals surface area contributed by atoms with Gasteiger partial charge < -0.3 is 14.0 Å². The van der Waals surface area contributed by atoms with Gasteiger partial charge in [-0.25, -0.2) is 4.79 Å². The van der Waals surface area contributed by atoms with E-state index in [1.807, 2.05) is 18.2 Å². The van der Waals surface area contributed by atoms with Gasteiger partial charge in [0.1, 0.15) is 6.54 Å². The van der Waals surface area contributed by atoms with E-state index in [9.17, 15) is 14.4 Å². The third-order valence-corrected chi connectivity index (χ3v) is 6.88. The number of amides is 1. The van der Waals surface area contributed by atoms with Crippen molar-refractivity contribution in [2.24, 2.45) is 4.99 Å². The minimum atomic E-state index is -0.449. The molecule has 0 aliphatic heterocycles. The molecule has 0 fully saturated rings. The second kappa shape index (κ2) is 12.4. The molecule has 0 spiro atoms. The number of thiazole rings is 1. The largest absolute Gasteiger partial charge is 0.468 e. The van der Waals surface area contributed by atoms with Gasteiger partial charge in [0.15, 0.2) is 4.80 Å². The lowest BCUT2D eigenvalue weighted by Gasteiger charge is -2.05. The summed E-state index contributed by atoms with van der Waals surface area (Å²) in [5, 5.41) is 0. The van der Waals surface area contributed by atoms with Crippen LogP contribution >= 0.6 is 23.1 Å². The second-order valence-electron chi connectivity index (χ2n) is 7.10. The Morgan fingerprint density at radius 2 is 1.91 bits per heavy atom. The maximum atomic E-state index is 12.5. The summed E-state index contributed by atoms with van der Waals surface area (Å²) in [6.07, 6.45) is 1.04. The first-order valence-corrected chi connectivity index (χ1v) is 12.6. The van der Waals surface area contributed by atoms with Crippen LogP contribution in [0.2, 0.25) is 0 Å². The number of aromatic nitrogens is 1. The highest BCUT2D eigenvalue weighted by molar-refractivity contribution is 7.98. The second-order valence-corrected chi connectivity index (χ2v) is 9.21. The molecule has 0 saturated carbocycles. The molecule has 0 aliphatic rings. The van der Waals surface area contributed by atoms with Crippen LogP contribution in [0.3, 0.4) is 0 Å². The van der Waals surface area contributed by atoms with Gasteiger partial charge in [0.2, 0.25) is 5.91 Å². The molecule has 0 radical (unpaired) electrons.